The van der Waals surface area contributed by atoms with Gasteiger partial charge in [0, 0.05) is 18.6 Å². The Morgan fingerprint density at radius 2 is 1.86 bits per heavy atom. The van der Waals surface area contributed by atoms with Gasteiger partial charge in [0.25, 0.3) is 0 Å². The van der Waals surface area contributed by atoms with E-state index in [4.69, 9.17) is 0 Å². The molecule has 2 unspecified atom stereocenters. The molecule has 4 atom stereocenters. The largest absolute Gasteiger partial charge is 0.391 e. The van der Waals surface area contributed by atoms with E-state index in [0.717, 1.165) is 12.3 Å². The first-order valence-corrected chi connectivity index (χ1v) is 6.12. The maximum Gasteiger partial charge on any atom is 0.0695 e. The number of piperidine rings is 1. The van der Waals surface area contributed by atoms with E-state index < -0.39 is 0 Å². The fourth-order valence-corrected chi connectivity index (χ4v) is 3.09. The van der Waals surface area contributed by atoms with Crippen molar-refractivity contribution in [1.29, 1.82) is 0 Å². The van der Waals surface area contributed by atoms with Crippen LogP contribution in [0.1, 0.15) is 46.0 Å². The number of aliphatic hydroxyl groups excluding tert-OH is 1. The molecule has 0 amide bonds. The van der Waals surface area contributed by atoms with E-state index in [1.165, 1.54) is 32.2 Å². The molecule has 1 aliphatic heterocycles. The van der Waals surface area contributed by atoms with Crippen molar-refractivity contribution >= 4 is 0 Å². The van der Waals surface area contributed by atoms with Crippen LogP contribution in [-0.2, 0) is 0 Å². The van der Waals surface area contributed by atoms with Crippen LogP contribution in [0.3, 0.4) is 0 Å². The Balaban J connectivity index is 2.00. The minimum absolute atomic E-state index is 0.0530. The van der Waals surface area contributed by atoms with Gasteiger partial charge in [0.15, 0.2) is 0 Å². The zero-order valence-corrected chi connectivity index (χ0v) is 9.45. The van der Waals surface area contributed by atoms with Gasteiger partial charge in [0.1, 0.15) is 0 Å². The van der Waals surface area contributed by atoms with Crippen LogP contribution in [-0.4, -0.2) is 34.7 Å². The topological polar surface area (TPSA) is 23.5 Å². The summed E-state index contributed by atoms with van der Waals surface area (Å²) < 4.78 is 0. The van der Waals surface area contributed by atoms with Crippen molar-refractivity contribution in [1.82, 2.24) is 4.90 Å². The molecule has 1 aliphatic carbocycles. The Morgan fingerprint density at radius 3 is 2.50 bits per heavy atom. The van der Waals surface area contributed by atoms with E-state index in [1.807, 2.05) is 0 Å². The highest BCUT2D eigenvalue weighted by atomic mass is 16.3. The molecule has 82 valence electrons. The second-order valence-electron chi connectivity index (χ2n) is 5.29. The predicted octanol–water partition coefficient (Wildman–Crippen LogP) is 2.02. The van der Waals surface area contributed by atoms with Crippen LogP contribution in [0.5, 0.6) is 0 Å². The third-order valence-electron chi connectivity index (χ3n) is 4.04. The minimum Gasteiger partial charge on any atom is -0.391 e. The van der Waals surface area contributed by atoms with Crippen molar-refractivity contribution in [2.24, 2.45) is 5.92 Å². The predicted molar refractivity (Wildman–Crippen MR) is 58.2 cm³/mol. The van der Waals surface area contributed by atoms with Crippen LogP contribution in [0.2, 0.25) is 0 Å². The van der Waals surface area contributed by atoms with Gasteiger partial charge in [-0.2, -0.15) is 0 Å². The highest BCUT2D eigenvalue weighted by Crippen LogP contribution is 2.31. The molecule has 2 rings (SSSR count). The molecular weight excluding hydrogens is 174 g/mol. The van der Waals surface area contributed by atoms with Crippen molar-refractivity contribution in [3.05, 3.63) is 0 Å². The molecule has 0 aromatic heterocycles. The Bertz CT molecular complexity index is 195. The van der Waals surface area contributed by atoms with Crippen molar-refractivity contribution in [2.75, 3.05) is 6.54 Å². The van der Waals surface area contributed by atoms with Gasteiger partial charge in [-0.05, 0) is 44.9 Å². The number of nitrogens with zero attached hydrogens (tertiary/aromatic N) is 1. The molecule has 1 N–H and O–H groups in total. The summed E-state index contributed by atoms with van der Waals surface area (Å²) in [5.74, 6) is 0.819. The van der Waals surface area contributed by atoms with E-state index in [9.17, 15) is 5.11 Å². The van der Waals surface area contributed by atoms with Crippen molar-refractivity contribution < 1.29 is 5.11 Å². The Hall–Kier alpha value is -0.0800. The average molecular weight is 197 g/mol. The van der Waals surface area contributed by atoms with E-state index in [0.29, 0.717) is 12.1 Å². The maximum absolute atomic E-state index is 9.90. The lowest BCUT2D eigenvalue weighted by atomic mass is 9.93. The van der Waals surface area contributed by atoms with Gasteiger partial charge in [0.2, 0.25) is 0 Å². The first-order valence-electron chi connectivity index (χ1n) is 6.12. The Kier molecular flexibility index (Phi) is 3.13. The van der Waals surface area contributed by atoms with Gasteiger partial charge in [-0.3, -0.25) is 4.90 Å². The summed E-state index contributed by atoms with van der Waals surface area (Å²) in [7, 11) is 0. The fourth-order valence-electron chi connectivity index (χ4n) is 3.09. The monoisotopic (exact) mass is 197 g/mol. The number of hydrogen-bond donors (Lipinski definition) is 1. The molecular formula is C12H23NO. The summed E-state index contributed by atoms with van der Waals surface area (Å²) >= 11 is 0. The molecule has 2 heteroatoms. The standard InChI is InChI=1S/C12H23NO/c1-9-6-7-10(2)13(8-9)11-4-3-5-12(11)14/h9-12,14H,3-8H2,1-2H3/t9?,10?,11-,12-/m0/s1. The smallest absolute Gasteiger partial charge is 0.0695 e. The SMILES string of the molecule is CC1CCC(C)N([C@H]2CCC[C@@H]2O)C1. The highest BCUT2D eigenvalue weighted by Gasteiger charge is 2.35. The second kappa shape index (κ2) is 4.19. The number of aliphatic hydroxyl groups is 1. The number of rotatable bonds is 1. The number of hydrogen-bond acceptors (Lipinski definition) is 2. The van der Waals surface area contributed by atoms with Crippen molar-refractivity contribution in [2.45, 2.75) is 64.1 Å². The van der Waals surface area contributed by atoms with Gasteiger partial charge in [-0.25, -0.2) is 0 Å². The highest BCUT2D eigenvalue weighted by molar-refractivity contribution is 4.90. The van der Waals surface area contributed by atoms with Crippen LogP contribution in [0.4, 0.5) is 0 Å². The van der Waals surface area contributed by atoms with Gasteiger partial charge in [-0.1, -0.05) is 6.92 Å². The molecule has 0 radical (unpaired) electrons. The quantitative estimate of drug-likeness (QED) is 0.695. The van der Waals surface area contributed by atoms with E-state index in [2.05, 4.69) is 18.7 Å². The van der Waals surface area contributed by atoms with Crippen LogP contribution < -0.4 is 0 Å². The zero-order chi connectivity index (χ0) is 10.1. The molecule has 0 spiro atoms. The molecule has 14 heavy (non-hydrogen) atoms. The van der Waals surface area contributed by atoms with Gasteiger partial charge >= 0.3 is 0 Å². The summed E-state index contributed by atoms with van der Waals surface area (Å²) in [5.41, 5.74) is 0. The molecule has 0 bridgehead atoms. The average Bonchev–Trinajstić information content (AvgIpc) is 2.56. The first-order chi connectivity index (χ1) is 6.68. The van der Waals surface area contributed by atoms with Crippen molar-refractivity contribution in [3.8, 4) is 0 Å². The molecule has 0 aromatic rings. The summed E-state index contributed by atoms with van der Waals surface area (Å²) in [6.45, 7) is 5.85. The number of likely N-dealkylation sites (tertiary alicyclic amines) is 1. The molecule has 1 heterocycles. The summed E-state index contributed by atoms with van der Waals surface area (Å²) in [6, 6.07) is 1.15. The second-order valence-corrected chi connectivity index (χ2v) is 5.29. The molecule has 2 nitrogen and oxygen atoms in total. The Labute approximate surface area is 87.3 Å². The lowest BCUT2D eigenvalue weighted by Crippen LogP contribution is -2.50. The van der Waals surface area contributed by atoms with Gasteiger partial charge in [-0.15, -0.1) is 0 Å². The third-order valence-corrected chi connectivity index (χ3v) is 4.04. The zero-order valence-electron chi connectivity index (χ0n) is 9.45. The van der Waals surface area contributed by atoms with Gasteiger partial charge < -0.3 is 5.11 Å². The molecule has 2 aliphatic rings. The maximum atomic E-state index is 9.90. The fraction of sp³-hybridized carbons (Fsp3) is 1.00. The van der Waals surface area contributed by atoms with E-state index in [-0.39, 0.29) is 6.10 Å². The third kappa shape index (κ3) is 1.96. The molecule has 0 aromatic carbocycles. The molecule has 1 saturated heterocycles. The summed E-state index contributed by atoms with van der Waals surface area (Å²) in [4.78, 5) is 2.56. The van der Waals surface area contributed by atoms with E-state index in [1.54, 1.807) is 0 Å². The van der Waals surface area contributed by atoms with Crippen LogP contribution in [0.15, 0.2) is 0 Å². The van der Waals surface area contributed by atoms with Crippen LogP contribution in [0, 0.1) is 5.92 Å². The normalized spacial score (nSPS) is 45.6. The lowest BCUT2D eigenvalue weighted by Gasteiger charge is -2.41. The summed E-state index contributed by atoms with van der Waals surface area (Å²) in [5, 5.41) is 9.90. The molecule has 2 fully saturated rings. The Morgan fingerprint density at radius 1 is 1.07 bits per heavy atom. The van der Waals surface area contributed by atoms with Crippen LogP contribution >= 0.6 is 0 Å². The molecule has 1 saturated carbocycles. The van der Waals surface area contributed by atoms with Crippen LogP contribution in [0.25, 0.3) is 0 Å². The summed E-state index contributed by atoms with van der Waals surface area (Å²) in [6.07, 6.45) is 6.05. The van der Waals surface area contributed by atoms with E-state index >= 15 is 0 Å². The minimum atomic E-state index is -0.0530. The van der Waals surface area contributed by atoms with Crippen molar-refractivity contribution in [3.63, 3.8) is 0 Å². The lowest BCUT2D eigenvalue weighted by molar-refractivity contribution is 0.0161. The first kappa shape index (κ1) is 10.4. The van der Waals surface area contributed by atoms with Gasteiger partial charge in [0.05, 0.1) is 6.10 Å².